The lowest BCUT2D eigenvalue weighted by Crippen LogP contribution is -2.43. The summed E-state index contributed by atoms with van der Waals surface area (Å²) in [6.07, 6.45) is 10.4. The monoisotopic (exact) mass is 452 g/mol. The van der Waals surface area contributed by atoms with Crippen LogP contribution in [-0.4, -0.2) is 55.3 Å². The van der Waals surface area contributed by atoms with Crippen molar-refractivity contribution in [3.05, 3.63) is 22.6 Å². The smallest absolute Gasteiger partial charge is 0.307 e. The normalized spacial score (nSPS) is 12.7. The van der Waals surface area contributed by atoms with E-state index in [4.69, 9.17) is 14.3 Å². The summed E-state index contributed by atoms with van der Waals surface area (Å²) in [6.45, 7) is 7.05. The van der Waals surface area contributed by atoms with Gasteiger partial charge in [0.1, 0.15) is 18.1 Å². The van der Waals surface area contributed by atoms with Crippen molar-refractivity contribution in [2.45, 2.75) is 104 Å². The maximum absolute atomic E-state index is 12.1. The first-order valence-electron chi connectivity index (χ1n) is 12.3. The number of unbranched alkanes of at least 4 members (excludes halogenated alkanes) is 6. The molecule has 0 aromatic carbocycles. The van der Waals surface area contributed by atoms with E-state index in [1.165, 1.54) is 30.4 Å². The molecule has 32 heavy (non-hydrogen) atoms. The number of esters is 1. The van der Waals surface area contributed by atoms with Gasteiger partial charge in [0, 0.05) is 19.3 Å². The van der Waals surface area contributed by atoms with Crippen LogP contribution in [0.5, 0.6) is 0 Å². The minimum absolute atomic E-state index is 0.146. The maximum Gasteiger partial charge on any atom is 0.307 e. The number of quaternary nitrogens is 1. The quantitative estimate of drug-likeness (QED) is 0.189. The largest absolute Gasteiger partial charge is 0.481 e. The first-order valence-corrected chi connectivity index (χ1v) is 12.3. The van der Waals surface area contributed by atoms with Crippen LogP contribution < -0.4 is 0 Å². The molecule has 0 aliphatic rings. The summed E-state index contributed by atoms with van der Waals surface area (Å²) in [5, 5.41) is 9.05. The van der Waals surface area contributed by atoms with E-state index in [1.54, 1.807) is 0 Å². The number of carbonyl (C=O) groups excluding carboxylic acids is 1. The van der Waals surface area contributed by atoms with E-state index < -0.39 is 12.1 Å². The highest BCUT2D eigenvalue weighted by Crippen LogP contribution is 2.25. The van der Waals surface area contributed by atoms with Crippen molar-refractivity contribution in [1.29, 1.82) is 0 Å². The zero-order valence-electron chi connectivity index (χ0n) is 21.3. The molecule has 1 rings (SSSR count). The highest BCUT2D eigenvalue weighted by atomic mass is 16.5. The van der Waals surface area contributed by atoms with Crippen molar-refractivity contribution in [3.63, 3.8) is 0 Å². The Hall–Kier alpha value is -1.82. The zero-order chi connectivity index (χ0) is 24.1. The van der Waals surface area contributed by atoms with Crippen LogP contribution in [0.4, 0.5) is 0 Å². The highest BCUT2D eigenvalue weighted by Gasteiger charge is 2.24. The lowest BCUT2D eigenvalue weighted by Gasteiger charge is -2.28. The highest BCUT2D eigenvalue weighted by molar-refractivity contribution is 5.71. The number of aliphatic carboxylic acids is 1. The van der Waals surface area contributed by atoms with E-state index in [9.17, 15) is 9.59 Å². The summed E-state index contributed by atoms with van der Waals surface area (Å²) in [5.74, 6) is 1.07. The lowest BCUT2D eigenvalue weighted by atomic mass is 10.0. The average molecular weight is 453 g/mol. The second kappa shape index (κ2) is 14.4. The van der Waals surface area contributed by atoms with Crippen LogP contribution in [0.15, 0.2) is 4.42 Å². The fourth-order valence-corrected chi connectivity index (χ4v) is 4.01. The van der Waals surface area contributed by atoms with Gasteiger partial charge in [-0.2, -0.15) is 0 Å². The summed E-state index contributed by atoms with van der Waals surface area (Å²) in [4.78, 5) is 23.2. The number of likely N-dealkylation sites (N-methyl/N-ethyl adjacent to an activating group) is 1. The average Bonchev–Trinajstić information content (AvgIpc) is 2.93. The second-order valence-corrected chi connectivity index (χ2v) is 10.1. The summed E-state index contributed by atoms with van der Waals surface area (Å²) < 4.78 is 12.1. The molecule has 0 spiro atoms. The molecule has 0 aliphatic carbocycles. The Morgan fingerprint density at radius 1 is 0.906 bits per heavy atom. The van der Waals surface area contributed by atoms with Crippen LogP contribution in [-0.2, 0) is 27.2 Å². The molecule has 6 heteroatoms. The molecule has 184 valence electrons. The SMILES string of the molecule is CCCCCc1oc(CCCCCCCC(=O)OC(CC(=O)O)C[N+](C)(C)C)c(C)c1C. The van der Waals surface area contributed by atoms with Gasteiger partial charge in [0.25, 0.3) is 0 Å². The number of carboxylic acid groups (broad SMARTS) is 1. The molecular weight excluding hydrogens is 406 g/mol. The third kappa shape index (κ3) is 11.7. The van der Waals surface area contributed by atoms with Crippen LogP contribution in [0, 0.1) is 13.8 Å². The Morgan fingerprint density at radius 2 is 1.44 bits per heavy atom. The molecule has 1 aromatic heterocycles. The standard InChI is InChI=1S/C26H45NO5/c1-7-8-12-15-23-20(2)21(3)24(32-23)16-13-10-9-11-14-17-26(30)31-22(18-25(28)29)19-27(4,5)6/h22H,7-19H2,1-6H3/p+1. The molecule has 1 atom stereocenters. The Morgan fingerprint density at radius 3 is 1.97 bits per heavy atom. The molecule has 1 aromatic rings. The molecule has 1 N–H and O–H groups in total. The molecule has 0 saturated carbocycles. The van der Waals surface area contributed by atoms with E-state index in [2.05, 4.69) is 20.8 Å². The number of rotatable bonds is 17. The number of hydrogen-bond acceptors (Lipinski definition) is 4. The molecule has 0 saturated heterocycles. The van der Waals surface area contributed by atoms with Crippen molar-refractivity contribution in [1.82, 2.24) is 0 Å². The number of aryl methyl sites for hydroxylation is 2. The minimum Gasteiger partial charge on any atom is -0.481 e. The lowest BCUT2D eigenvalue weighted by molar-refractivity contribution is -0.873. The van der Waals surface area contributed by atoms with Gasteiger partial charge in [-0.15, -0.1) is 0 Å². The van der Waals surface area contributed by atoms with Crippen LogP contribution >= 0.6 is 0 Å². The zero-order valence-corrected chi connectivity index (χ0v) is 21.3. The number of nitrogens with zero attached hydrogens (tertiary/aromatic N) is 1. The Kier molecular flexibility index (Phi) is 12.7. The molecule has 0 fully saturated rings. The van der Waals surface area contributed by atoms with Crippen molar-refractivity contribution in [2.24, 2.45) is 0 Å². The van der Waals surface area contributed by atoms with Gasteiger partial charge >= 0.3 is 11.9 Å². The molecule has 1 unspecified atom stereocenters. The third-order valence-electron chi connectivity index (χ3n) is 5.89. The predicted molar refractivity (Wildman–Crippen MR) is 128 cm³/mol. The first kappa shape index (κ1) is 28.2. The van der Waals surface area contributed by atoms with Gasteiger partial charge in [0.05, 0.1) is 27.6 Å². The summed E-state index contributed by atoms with van der Waals surface area (Å²) >= 11 is 0. The topological polar surface area (TPSA) is 76.7 Å². The van der Waals surface area contributed by atoms with Crippen LogP contribution in [0.1, 0.15) is 93.8 Å². The molecule has 1 heterocycles. The van der Waals surface area contributed by atoms with E-state index >= 15 is 0 Å². The number of hydrogen-bond donors (Lipinski definition) is 1. The Labute approximate surface area is 194 Å². The van der Waals surface area contributed by atoms with Gasteiger partial charge in [0.2, 0.25) is 0 Å². The van der Waals surface area contributed by atoms with E-state index in [-0.39, 0.29) is 12.4 Å². The fraction of sp³-hybridized carbons (Fsp3) is 0.769. The van der Waals surface area contributed by atoms with Crippen LogP contribution in [0.2, 0.25) is 0 Å². The number of carboxylic acids is 1. The van der Waals surface area contributed by atoms with E-state index in [0.717, 1.165) is 56.5 Å². The second-order valence-electron chi connectivity index (χ2n) is 10.1. The molecule has 0 radical (unpaired) electrons. The van der Waals surface area contributed by atoms with Crippen molar-refractivity contribution >= 4 is 11.9 Å². The molecule has 0 amide bonds. The summed E-state index contributed by atoms with van der Waals surface area (Å²) in [5.41, 5.74) is 2.63. The predicted octanol–water partition coefficient (Wildman–Crippen LogP) is 5.60. The molecule has 0 aliphatic heterocycles. The Balaban J connectivity index is 2.26. The minimum atomic E-state index is -0.939. The van der Waals surface area contributed by atoms with Crippen molar-refractivity contribution < 1.29 is 28.3 Å². The van der Waals surface area contributed by atoms with Gasteiger partial charge in [-0.1, -0.05) is 39.0 Å². The summed E-state index contributed by atoms with van der Waals surface area (Å²) in [7, 11) is 5.88. The van der Waals surface area contributed by atoms with Crippen molar-refractivity contribution in [2.75, 3.05) is 27.7 Å². The van der Waals surface area contributed by atoms with E-state index in [1.807, 2.05) is 21.1 Å². The van der Waals surface area contributed by atoms with E-state index in [0.29, 0.717) is 17.4 Å². The van der Waals surface area contributed by atoms with Crippen LogP contribution in [0.3, 0.4) is 0 Å². The molecular formula is C26H46NO5+. The van der Waals surface area contributed by atoms with Gasteiger partial charge < -0.3 is 18.7 Å². The number of carbonyl (C=O) groups is 2. The van der Waals surface area contributed by atoms with Gasteiger partial charge in [-0.3, -0.25) is 9.59 Å². The summed E-state index contributed by atoms with van der Waals surface area (Å²) in [6, 6.07) is 0. The first-order chi connectivity index (χ1) is 15.0. The number of furan rings is 1. The van der Waals surface area contributed by atoms with Gasteiger partial charge in [0.15, 0.2) is 6.10 Å². The third-order valence-corrected chi connectivity index (χ3v) is 5.89. The van der Waals surface area contributed by atoms with Crippen LogP contribution in [0.25, 0.3) is 0 Å². The Bertz CT molecular complexity index is 702. The van der Waals surface area contributed by atoms with Gasteiger partial charge in [-0.25, -0.2) is 0 Å². The molecule has 6 nitrogen and oxygen atoms in total. The number of ether oxygens (including phenoxy) is 1. The van der Waals surface area contributed by atoms with Crippen molar-refractivity contribution in [3.8, 4) is 0 Å². The fourth-order valence-electron chi connectivity index (χ4n) is 4.01. The van der Waals surface area contributed by atoms with Gasteiger partial charge in [-0.05, 0) is 44.2 Å². The molecule has 0 bridgehead atoms. The maximum atomic E-state index is 12.1.